The Morgan fingerprint density at radius 2 is 1.62 bits per heavy atom. The zero-order chi connectivity index (χ0) is 24.1. The second-order valence-corrected chi connectivity index (χ2v) is 8.43. The first-order chi connectivity index (χ1) is 16.4. The Bertz CT molecular complexity index is 1290. The fraction of sp³-hybridized carbons (Fsp3) is 0.0800. The lowest BCUT2D eigenvalue weighted by Crippen LogP contribution is -2.19. The van der Waals surface area contributed by atoms with Gasteiger partial charge < -0.3 is 19.5 Å². The van der Waals surface area contributed by atoms with E-state index in [1.54, 1.807) is 87.0 Å². The first-order valence-electron chi connectivity index (χ1n) is 10.0. The van der Waals surface area contributed by atoms with Crippen molar-refractivity contribution in [2.24, 2.45) is 4.99 Å². The average molecular weight is 495 g/mol. The second kappa shape index (κ2) is 10.5. The van der Waals surface area contributed by atoms with Gasteiger partial charge in [-0.2, -0.15) is 0 Å². The van der Waals surface area contributed by atoms with Crippen molar-refractivity contribution in [1.29, 1.82) is 0 Å². The van der Waals surface area contributed by atoms with Crippen LogP contribution in [0, 0.1) is 0 Å². The minimum Gasteiger partial charge on any atom is -0.497 e. The summed E-state index contributed by atoms with van der Waals surface area (Å²) < 4.78 is 15.6. The van der Waals surface area contributed by atoms with Crippen molar-refractivity contribution in [1.82, 2.24) is 5.32 Å². The Hall–Kier alpha value is -3.75. The van der Waals surface area contributed by atoms with Crippen molar-refractivity contribution >= 4 is 52.2 Å². The summed E-state index contributed by atoms with van der Waals surface area (Å²) in [5, 5.41) is 3.46. The van der Waals surface area contributed by atoms with Crippen LogP contribution in [-0.4, -0.2) is 31.3 Å². The summed E-state index contributed by atoms with van der Waals surface area (Å²) >= 11 is 7.54. The number of methoxy groups -OCH3 is 2. The second-order valence-electron chi connectivity index (χ2n) is 6.99. The summed E-state index contributed by atoms with van der Waals surface area (Å²) in [7, 11) is 3.14. The van der Waals surface area contributed by atoms with Crippen LogP contribution in [0.15, 0.2) is 76.6 Å². The zero-order valence-corrected chi connectivity index (χ0v) is 19.8. The van der Waals surface area contributed by atoms with Crippen molar-refractivity contribution in [3.8, 4) is 17.2 Å². The lowest BCUT2D eigenvalue weighted by atomic mass is 10.2. The highest BCUT2D eigenvalue weighted by Crippen LogP contribution is 2.31. The molecule has 1 N–H and O–H groups in total. The Kier molecular flexibility index (Phi) is 7.20. The van der Waals surface area contributed by atoms with E-state index in [-0.39, 0.29) is 16.7 Å². The number of thioether (sulfide) groups is 1. The molecule has 0 spiro atoms. The van der Waals surface area contributed by atoms with Crippen LogP contribution in [0.5, 0.6) is 17.2 Å². The number of rotatable bonds is 6. The predicted octanol–water partition coefficient (Wildman–Crippen LogP) is 5.47. The average Bonchev–Trinajstić information content (AvgIpc) is 3.19. The number of carbonyl (C=O) groups excluding carboxylic acids is 2. The van der Waals surface area contributed by atoms with Gasteiger partial charge in [-0.05, 0) is 84.1 Å². The standard InChI is InChI=1S/C25H19ClN2O5S/c1-31-18-8-4-16(5-9-18)24(30)33-21-12-3-15(13-20(21)26)14-22-23(29)28-25(34-22)27-17-6-10-19(32-2)11-7-17/h3-14H,1-2H3,(H,27,28,29)/b22-14-. The molecule has 4 rings (SSSR count). The summed E-state index contributed by atoms with van der Waals surface area (Å²) in [6, 6.07) is 18.7. The third kappa shape index (κ3) is 5.59. The number of hydrogen-bond acceptors (Lipinski definition) is 7. The van der Waals surface area contributed by atoms with E-state index in [1.165, 1.54) is 11.8 Å². The number of amides is 1. The van der Waals surface area contributed by atoms with Crippen LogP contribution in [-0.2, 0) is 4.79 Å². The minimum absolute atomic E-state index is 0.218. The van der Waals surface area contributed by atoms with Crippen LogP contribution in [0.1, 0.15) is 15.9 Å². The van der Waals surface area contributed by atoms with Crippen molar-refractivity contribution in [2.45, 2.75) is 0 Å². The highest BCUT2D eigenvalue weighted by atomic mass is 35.5. The van der Waals surface area contributed by atoms with Crippen LogP contribution in [0.3, 0.4) is 0 Å². The first kappa shape index (κ1) is 23.4. The SMILES string of the molecule is COc1ccc(N=C2NC(=O)/C(=C/c3ccc(OC(=O)c4ccc(OC)cc4)c(Cl)c3)S2)cc1. The lowest BCUT2D eigenvalue weighted by molar-refractivity contribution is -0.115. The van der Waals surface area contributed by atoms with Gasteiger partial charge in [0.2, 0.25) is 0 Å². The summed E-state index contributed by atoms with van der Waals surface area (Å²) in [6.07, 6.45) is 1.69. The number of ether oxygens (including phenoxy) is 3. The van der Waals surface area contributed by atoms with Crippen molar-refractivity contribution < 1.29 is 23.8 Å². The fourth-order valence-electron chi connectivity index (χ4n) is 2.98. The molecule has 0 aromatic heterocycles. The highest BCUT2D eigenvalue weighted by molar-refractivity contribution is 8.18. The monoisotopic (exact) mass is 494 g/mol. The topological polar surface area (TPSA) is 86.2 Å². The van der Waals surface area contributed by atoms with Crippen LogP contribution in [0.2, 0.25) is 5.02 Å². The van der Waals surface area contributed by atoms with Crippen LogP contribution in [0.25, 0.3) is 6.08 Å². The molecule has 0 unspecified atom stereocenters. The molecule has 172 valence electrons. The molecular weight excluding hydrogens is 476 g/mol. The molecule has 0 aliphatic carbocycles. The lowest BCUT2D eigenvalue weighted by Gasteiger charge is -2.08. The van der Waals surface area contributed by atoms with Gasteiger partial charge in [-0.25, -0.2) is 9.79 Å². The number of nitrogens with zero attached hydrogens (tertiary/aromatic N) is 1. The predicted molar refractivity (Wildman–Crippen MR) is 133 cm³/mol. The summed E-state index contributed by atoms with van der Waals surface area (Å²) in [5.74, 6) is 0.778. The number of amidine groups is 1. The molecule has 0 bridgehead atoms. The molecule has 7 nitrogen and oxygen atoms in total. The number of benzene rings is 3. The van der Waals surface area contributed by atoms with Crippen molar-refractivity contribution in [3.63, 3.8) is 0 Å². The van der Waals surface area contributed by atoms with E-state index in [0.29, 0.717) is 32.6 Å². The number of hydrogen-bond donors (Lipinski definition) is 1. The molecule has 1 saturated heterocycles. The van der Waals surface area contributed by atoms with Crippen molar-refractivity contribution in [3.05, 3.63) is 87.8 Å². The molecule has 1 heterocycles. The van der Waals surface area contributed by atoms with Crippen molar-refractivity contribution in [2.75, 3.05) is 14.2 Å². The Balaban J connectivity index is 1.45. The molecule has 0 saturated carbocycles. The molecule has 0 radical (unpaired) electrons. The molecule has 1 aliphatic heterocycles. The molecule has 1 fully saturated rings. The number of aliphatic imine (C=N–C) groups is 1. The molecule has 0 atom stereocenters. The maximum atomic E-state index is 12.4. The summed E-state index contributed by atoms with van der Waals surface area (Å²) in [6.45, 7) is 0. The summed E-state index contributed by atoms with van der Waals surface area (Å²) in [4.78, 5) is 29.7. The van der Waals surface area contributed by atoms with E-state index in [1.807, 2.05) is 0 Å². The molecular formula is C25H19ClN2O5S. The quantitative estimate of drug-likeness (QED) is 0.278. The number of nitrogens with one attached hydrogen (secondary N) is 1. The number of esters is 1. The van der Waals surface area contributed by atoms with Gasteiger partial charge in [0.05, 0.1) is 35.4 Å². The minimum atomic E-state index is -0.541. The van der Waals surface area contributed by atoms with Gasteiger partial charge in [0.15, 0.2) is 5.17 Å². The van der Waals surface area contributed by atoms with Gasteiger partial charge in [0.25, 0.3) is 5.91 Å². The fourth-order valence-corrected chi connectivity index (χ4v) is 4.05. The van der Waals surface area contributed by atoms with Gasteiger partial charge in [-0.3, -0.25) is 4.79 Å². The third-order valence-corrected chi connectivity index (χ3v) is 5.94. The largest absolute Gasteiger partial charge is 0.497 e. The normalized spacial score (nSPS) is 15.3. The smallest absolute Gasteiger partial charge is 0.343 e. The van der Waals surface area contributed by atoms with Crippen LogP contribution < -0.4 is 19.5 Å². The Morgan fingerprint density at radius 3 is 2.24 bits per heavy atom. The van der Waals surface area contributed by atoms with E-state index < -0.39 is 5.97 Å². The van der Waals surface area contributed by atoms with E-state index >= 15 is 0 Å². The Labute approximate surface area is 205 Å². The number of halogens is 1. The maximum absolute atomic E-state index is 12.4. The van der Waals surface area contributed by atoms with E-state index in [9.17, 15) is 9.59 Å². The van der Waals surface area contributed by atoms with E-state index in [2.05, 4.69) is 10.3 Å². The van der Waals surface area contributed by atoms with Gasteiger partial charge >= 0.3 is 5.97 Å². The molecule has 3 aromatic carbocycles. The number of carbonyl (C=O) groups is 2. The molecule has 34 heavy (non-hydrogen) atoms. The highest BCUT2D eigenvalue weighted by Gasteiger charge is 2.24. The zero-order valence-electron chi connectivity index (χ0n) is 18.2. The van der Waals surface area contributed by atoms with Gasteiger partial charge in [-0.1, -0.05) is 17.7 Å². The van der Waals surface area contributed by atoms with Gasteiger partial charge in [0, 0.05) is 0 Å². The first-order valence-corrected chi connectivity index (χ1v) is 11.2. The van der Waals surface area contributed by atoms with E-state index in [0.717, 1.165) is 5.75 Å². The molecule has 9 heteroatoms. The molecule has 1 aliphatic rings. The molecule has 1 amide bonds. The van der Waals surface area contributed by atoms with Crippen LogP contribution in [0.4, 0.5) is 5.69 Å². The Morgan fingerprint density at radius 1 is 0.971 bits per heavy atom. The molecule has 3 aromatic rings. The summed E-state index contributed by atoms with van der Waals surface area (Å²) in [5.41, 5.74) is 1.74. The van der Waals surface area contributed by atoms with Crippen LogP contribution >= 0.6 is 23.4 Å². The van der Waals surface area contributed by atoms with E-state index in [4.69, 9.17) is 25.8 Å². The van der Waals surface area contributed by atoms with Gasteiger partial charge in [-0.15, -0.1) is 0 Å². The maximum Gasteiger partial charge on any atom is 0.343 e. The van der Waals surface area contributed by atoms with Gasteiger partial charge in [0.1, 0.15) is 17.2 Å². The third-order valence-electron chi connectivity index (χ3n) is 4.74.